The van der Waals surface area contributed by atoms with E-state index < -0.39 is 0 Å². The van der Waals surface area contributed by atoms with Gasteiger partial charge in [-0.15, -0.1) is 0 Å². The third-order valence-electron chi connectivity index (χ3n) is 7.06. The van der Waals surface area contributed by atoms with Gasteiger partial charge in [0.05, 0.1) is 17.3 Å². The molecule has 2 N–H and O–H groups in total. The van der Waals surface area contributed by atoms with E-state index >= 15 is 0 Å². The van der Waals surface area contributed by atoms with E-state index in [0.717, 1.165) is 28.3 Å². The lowest BCUT2D eigenvalue weighted by Gasteiger charge is -2.39. The molecular weight excluding hydrogens is 492 g/mol. The molecule has 0 unspecified atom stereocenters. The van der Waals surface area contributed by atoms with Crippen molar-refractivity contribution in [1.82, 2.24) is 14.9 Å². The van der Waals surface area contributed by atoms with Gasteiger partial charge in [0, 0.05) is 41.7 Å². The summed E-state index contributed by atoms with van der Waals surface area (Å²) in [5.41, 5.74) is 6.78. The van der Waals surface area contributed by atoms with E-state index in [4.69, 9.17) is 14.8 Å². The maximum absolute atomic E-state index is 13.2. The Bertz CT molecular complexity index is 1200. The van der Waals surface area contributed by atoms with Gasteiger partial charge >= 0.3 is 0 Å². The van der Waals surface area contributed by atoms with Crippen LogP contribution in [0, 0.1) is 25.2 Å². The number of benzene rings is 2. The van der Waals surface area contributed by atoms with Crippen LogP contribution < -0.4 is 0 Å². The number of nitrogens with zero attached hydrogens (tertiary/aromatic N) is 3. The number of rotatable bonds is 4. The van der Waals surface area contributed by atoms with Crippen LogP contribution in [-0.2, 0) is 0 Å². The number of hydrogen-bond donors (Lipinski definition) is 3. The Kier molecular flexibility index (Phi) is 12.6. The molecule has 0 spiro atoms. The largest absolute Gasteiger partial charge is 0.345 e. The topological polar surface area (TPSA) is 93.0 Å². The Balaban J connectivity index is 0.000000791. The molecule has 5 rings (SSSR count). The number of hydrogen-bond acceptors (Lipinski definition) is 5. The highest BCUT2D eigenvalue weighted by Crippen LogP contribution is 2.36. The molecule has 0 radical (unpaired) electrons. The summed E-state index contributed by atoms with van der Waals surface area (Å²) in [4.78, 5) is 23.5. The van der Waals surface area contributed by atoms with Crippen molar-refractivity contribution in [3.05, 3.63) is 76.2 Å². The highest BCUT2D eigenvalue weighted by Gasteiger charge is 2.32. The molecule has 3 aromatic rings. The number of aromatic amines is 1. The molecule has 38 heavy (non-hydrogen) atoms. The number of aromatic nitrogens is 2. The van der Waals surface area contributed by atoms with Gasteiger partial charge in [0.1, 0.15) is 5.82 Å². The predicted octanol–water partition coefficient (Wildman–Crippen LogP) is 7.90. The first kappa shape index (κ1) is 31.1. The van der Waals surface area contributed by atoms with Crippen LogP contribution in [0.1, 0.15) is 104 Å². The maximum atomic E-state index is 13.2. The number of thiol groups is 1. The third-order valence-corrected chi connectivity index (χ3v) is 7.06. The molecule has 1 saturated carbocycles. The molecule has 1 aliphatic heterocycles. The van der Waals surface area contributed by atoms with Gasteiger partial charge in [0.25, 0.3) is 5.91 Å². The van der Waals surface area contributed by atoms with Gasteiger partial charge in [-0.25, -0.2) is 4.98 Å². The zero-order valence-electron chi connectivity index (χ0n) is 23.6. The number of aryl methyl sites for hydroxylation is 2. The summed E-state index contributed by atoms with van der Waals surface area (Å²) in [7, 11) is 0. The zero-order valence-corrected chi connectivity index (χ0v) is 24.5. The lowest BCUT2D eigenvalue weighted by Crippen LogP contribution is -2.48. The molecule has 0 bridgehead atoms. The van der Waals surface area contributed by atoms with Crippen LogP contribution in [-0.4, -0.2) is 38.4 Å². The summed E-state index contributed by atoms with van der Waals surface area (Å²) < 4.78 is 6.69. The fourth-order valence-electron chi connectivity index (χ4n) is 5.02. The normalized spacial score (nSPS) is 14.6. The standard InChI is InChI=1S/C27H28N4O.2C2H6.H2OS/c1-17-7-10-22(13-24(17)25-18(2)29-26(30-25)21-5-3-4-6-21)27(32)31-15-23(16-31)20-11-8-19(14-28)9-12-20;3*1-2/h7-13,21,23H,3-6,15-16H2,1-2H3,(H,29,30);2*1-2H3;1-2H. The molecule has 6 nitrogen and oxygen atoms in total. The molecule has 1 saturated heterocycles. The minimum atomic E-state index is 0.0698. The Morgan fingerprint density at radius 1 is 1.00 bits per heavy atom. The number of likely N-dealkylation sites (tertiary alicyclic amines) is 1. The van der Waals surface area contributed by atoms with Gasteiger partial charge in [-0.3, -0.25) is 4.79 Å². The van der Waals surface area contributed by atoms with Crippen molar-refractivity contribution in [2.75, 3.05) is 13.1 Å². The van der Waals surface area contributed by atoms with Crippen LogP contribution in [0.25, 0.3) is 11.3 Å². The van der Waals surface area contributed by atoms with E-state index in [1.807, 2.05) is 75.1 Å². The molecule has 0 atom stereocenters. The first-order chi connectivity index (χ1) is 18.5. The lowest BCUT2D eigenvalue weighted by molar-refractivity contribution is 0.0602. The van der Waals surface area contributed by atoms with Crippen molar-refractivity contribution in [2.24, 2.45) is 0 Å². The highest BCUT2D eigenvalue weighted by molar-refractivity contribution is 7.74. The van der Waals surface area contributed by atoms with Gasteiger partial charge < -0.3 is 14.4 Å². The molecule has 2 heterocycles. The lowest BCUT2D eigenvalue weighted by atomic mass is 9.90. The van der Waals surface area contributed by atoms with E-state index in [2.05, 4.69) is 37.8 Å². The summed E-state index contributed by atoms with van der Waals surface area (Å²) >= 11 is 2.53. The van der Waals surface area contributed by atoms with Gasteiger partial charge in [-0.2, -0.15) is 5.26 Å². The minimum Gasteiger partial charge on any atom is -0.345 e. The van der Waals surface area contributed by atoms with Crippen LogP contribution >= 0.6 is 12.9 Å². The van der Waals surface area contributed by atoms with Crippen molar-refractivity contribution in [3.63, 3.8) is 0 Å². The number of imidazole rings is 1. The average molecular weight is 535 g/mol. The minimum absolute atomic E-state index is 0.0698. The molecular formula is C31H42N4O2S. The number of amides is 1. The van der Waals surface area contributed by atoms with E-state index in [-0.39, 0.29) is 5.91 Å². The van der Waals surface area contributed by atoms with E-state index in [1.165, 1.54) is 31.2 Å². The average Bonchev–Trinajstić information content (AvgIpc) is 3.62. The Morgan fingerprint density at radius 3 is 2.18 bits per heavy atom. The molecule has 1 amide bonds. The summed E-state index contributed by atoms with van der Waals surface area (Å²) in [6, 6.07) is 15.8. The first-order valence-electron chi connectivity index (χ1n) is 13.7. The van der Waals surface area contributed by atoms with Gasteiger partial charge in [-0.05, 0) is 75.0 Å². The monoisotopic (exact) mass is 534 g/mol. The molecule has 204 valence electrons. The zero-order chi connectivity index (χ0) is 28.2. The van der Waals surface area contributed by atoms with E-state index in [0.29, 0.717) is 36.1 Å². The fraction of sp³-hybridized carbons (Fsp3) is 0.452. The van der Waals surface area contributed by atoms with Crippen molar-refractivity contribution < 1.29 is 9.35 Å². The smallest absolute Gasteiger partial charge is 0.253 e. The molecule has 1 aromatic heterocycles. The van der Waals surface area contributed by atoms with Gasteiger partial charge in [-0.1, -0.05) is 58.7 Å². The molecule has 2 fully saturated rings. The van der Waals surface area contributed by atoms with Crippen molar-refractivity contribution in [1.29, 1.82) is 5.26 Å². The van der Waals surface area contributed by atoms with Crippen LogP contribution in [0.15, 0.2) is 42.5 Å². The van der Waals surface area contributed by atoms with Crippen LogP contribution in [0.3, 0.4) is 0 Å². The van der Waals surface area contributed by atoms with E-state index in [9.17, 15) is 4.79 Å². The first-order valence-corrected chi connectivity index (χ1v) is 14.1. The summed E-state index contributed by atoms with van der Waals surface area (Å²) in [6.45, 7) is 13.6. The summed E-state index contributed by atoms with van der Waals surface area (Å²) in [6.07, 6.45) is 4.97. The molecule has 1 aliphatic carbocycles. The predicted molar refractivity (Wildman–Crippen MR) is 159 cm³/mol. The quantitative estimate of drug-likeness (QED) is 0.234. The molecule has 2 aliphatic rings. The Hall–Kier alpha value is -3.08. The number of H-pyrrole nitrogens is 1. The molecule has 7 heteroatoms. The van der Waals surface area contributed by atoms with Crippen molar-refractivity contribution in [2.45, 2.75) is 79.1 Å². The second kappa shape index (κ2) is 15.4. The number of nitrogens with one attached hydrogen (secondary N) is 1. The van der Waals surface area contributed by atoms with Crippen LogP contribution in [0.2, 0.25) is 0 Å². The SMILES string of the molecule is CC.CC.Cc1ccc(C(=O)N2CC(c3ccc(C#N)cc3)C2)cc1-c1nc(C2CCCC2)[nH]c1C.OS. The summed E-state index contributed by atoms with van der Waals surface area (Å²) in [5, 5.41) is 8.97. The number of carbonyl (C=O) groups excluding carboxylic acids is 1. The summed E-state index contributed by atoms with van der Waals surface area (Å²) in [5.74, 6) is 2.03. The van der Waals surface area contributed by atoms with E-state index in [1.54, 1.807) is 0 Å². The number of carbonyl (C=O) groups is 1. The third kappa shape index (κ3) is 7.06. The van der Waals surface area contributed by atoms with Crippen molar-refractivity contribution >= 4 is 18.8 Å². The Labute approximate surface area is 233 Å². The Morgan fingerprint density at radius 2 is 1.61 bits per heavy atom. The van der Waals surface area contributed by atoms with Crippen LogP contribution in [0.5, 0.6) is 0 Å². The van der Waals surface area contributed by atoms with Gasteiger partial charge in [0.2, 0.25) is 0 Å². The number of nitriles is 1. The van der Waals surface area contributed by atoms with Crippen molar-refractivity contribution in [3.8, 4) is 17.3 Å². The fourth-order valence-corrected chi connectivity index (χ4v) is 5.02. The van der Waals surface area contributed by atoms with Gasteiger partial charge in [0.15, 0.2) is 0 Å². The molecule has 2 aromatic carbocycles. The second-order valence-corrected chi connectivity index (χ2v) is 9.25. The van der Waals surface area contributed by atoms with Crippen LogP contribution in [0.4, 0.5) is 0 Å². The maximum Gasteiger partial charge on any atom is 0.253 e. The highest BCUT2D eigenvalue weighted by atomic mass is 32.1. The second-order valence-electron chi connectivity index (χ2n) is 9.25.